The number of Topliss-reactive ketones (excluding diaryl/α,β-unsaturated/α-hetero) is 1. The van der Waals surface area contributed by atoms with Crippen LogP contribution in [0.4, 0.5) is 0 Å². The minimum absolute atomic E-state index is 0.0807. The molecular formula is C22H28O3. The normalized spacial score (nSPS) is 28.2. The molecule has 0 radical (unpaired) electrons. The molecule has 3 heteroatoms. The van der Waals surface area contributed by atoms with E-state index < -0.39 is 0 Å². The lowest BCUT2D eigenvalue weighted by atomic mass is 9.66. The quantitative estimate of drug-likeness (QED) is 0.748. The second-order valence-electron chi connectivity index (χ2n) is 8.44. The van der Waals surface area contributed by atoms with E-state index in [0.717, 1.165) is 36.1 Å². The molecule has 0 spiro atoms. The van der Waals surface area contributed by atoms with Gasteiger partial charge < -0.3 is 9.84 Å². The molecule has 1 aliphatic heterocycles. The van der Waals surface area contributed by atoms with Gasteiger partial charge in [-0.3, -0.25) is 4.79 Å². The molecule has 2 atom stereocenters. The Labute approximate surface area is 150 Å². The molecule has 1 aromatic rings. The number of phenolic OH excluding ortho intramolecular Hbond substituents is 1. The van der Waals surface area contributed by atoms with Crippen molar-refractivity contribution in [2.24, 2.45) is 5.92 Å². The first-order valence-corrected chi connectivity index (χ1v) is 9.73. The van der Waals surface area contributed by atoms with Crippen molar-refractivity contribution in [3.8, 4) is 11.5 Å². The Morgan fingerprint density at radius 3 is 2.84 bits per heavy atom. The highest BCUT2D eigenvalue weighted by Gasteiger charge is 2.47. The molecule has 0 bridgehead atoms. The number of hydrogen-bond donors (Lipinski definition) is 1. The van der Waals surface area contributed by atoms with Crippen LogP contribution in [0.15, 0.2) is 18.2 Å². The number of hydrogen-bond acceptors (Lipinski definition) is 3. The second kappa shape index (κ2) is 6.19. The van der Waals surface area contributed by atoms with Crippen LogP contribution in [-0.4, -0.2) is 16.5 Å². The maximum Gasteiger partial charge on any atom is 0.133 e. The molecule has 25 heavy (non-hydrogen) atoms. The Bertz CT molecular complexity index is 729. The molecule has 3 aliphatic rings. The molecule has 1 N–H and O–H groups in total. The third kappa shape index (κ3) is 2.98. The lowest BCUT2D eigenvalue weighted by Gasteiger charge is -2.47. The van der Waals surface area contributed by atoms with Gasteiger partial charge in [0.15, 0.2) is 0 Å². The molecule has 0 amide bonds. The van der Waals surface area contributed by atoms with Crippen LogP contribution in [0.25, 0.3) is 5.57 Å². The summed E-state index contributed by atoms with van der Waals surface area (Å²) < 4.78 is 6.37. The van der Waals surface area contributed by atoms with Crippen LogP contribution in [0.1, 0.15) is 82.3 Å². The molecule has 4 rings (SSSR count). The van der Waals surface area contributed by atoms with E-state index in [1.54, 1.807) is 0 Å². The summed E-state index contributed by atoms with van der Waals surface area (Å²) in [7, 11) is 0. The fraction of sp³-hybridized carbons (Fsp3) is 0.591. The Balaban J connectivity index is 1.78. The molecule has 1 saturated carbocycles. The summed E-state index contributed by atoms with van der Waals surface area (Å²) in [6.45, 7) is 4.25. The van der Waals surface area contributed by atoms with Crippen molar-refractivity contribution in [3.63, 3.8) is 0 Å². The van der Waals surface area contributed by atoms with Crippen LogP contribution in [0.3, 0.4) is 0 Å². The van der Waals surface area contributed by atoms with Gasteiger partial charge in [0.05, 0.1) is 0 Å². The fourth-order valence-corrected chi connectivity index (χ4v) is 5.03. The van der Waals surface area contributed by atoms with Gasteiger partial charge in [-0.25, -0.2) is 0 Å². The number of ether oxygens (including phenoxy) is 1. The Kier molecular flexibility index (Phi) is 4.13. The van der Waals surface area contributed by atoms with E-state index >= 15 is 0 Å². The fourth-order valence-electron chi connectivity index (χ4n) is 5.03. The summed E-state index contributed by atoms with van der Waals surface area (Å²) >= 11 is 0. The van der Waals surface area contributed by atoms with E-state index in [0.29, 0.717) is 24.4 Å². The zero-order chi connectivity index (χ0) is 17.6. The maximum absolute atomic E-state index is 12.1. The Hall–Kier alpha value is -1.77. The molecule has 1 fully saturated rings. The molecular weight excluding hydrogens is 312 g/mol. The third-order valence-corrected chi connectivity index (χ3v) is 6.34. The second-order valence-corrected chi connectivity index (χ2v) is 8.44. The summed E-state index contributed by atoms with van der Waals surface area (Å²) in [6.07, 6.45) is 10.2. The molecule has 134 valence electrons. The largest absolute Gasteiger partial charge is 0.507 e. The summed E-state index contributed by atoms with van der Waals surface area (Å²) in [5, 5.41) is 10.8. The average Bonchev–Trinajstić information content (AvgIpc) is 2.82. The highest BCUT2D eigenvalue weighted by Crippen LogP contribution is 2.54. The first-order valence-electron chi connectivity index (χ1n) is 9.73. The zero-order valence-corrected chi connectivity index (χ0v) is 15.3. The first kappa shape index (κ1) is 16.7. The van der Waals surface area contributed by atoms with E-state index in [1.165, 1.54) is 24.8 Å². The maximum atomic E-state index is 12.1. The van der Waals surface area contributed by atoms with Crippen molar-refractivity contribution in [2.45, 2.75) is 76.7 Å². The van der Waals surface area contributed by atoms with Gasteiger partial charge in [0.25, 0.3) is 0 Å². The lowest BCUT2D eigenvalue weighted by molar-refractivity contribution is -0.124. The number of rotatable bonds is 1. The molecule has 0 saturated heterocycles. The van der Waals surface area contributed by atoms with Gasteiger partial charge in [0.1, 0.15) is 22.9 Å². The Morgan fingerprint density at radius 2 is 2.00 bits per heavy atom. The number of benzene rings is 1. The molecule has 0 unspecified atom stereocenters. The van der Waals surface area contributed by atoms with Crippen molar-refractivity contribution < 1.29 is 14.6 Å². The van der Waals surface area contributed by atoms with Gasteiger partial charge in [-0.05, 0) is 69.2 Å². The Morgan fingerprint density at radius 1 is 1.16 bits per heavy atom. The predicted octanol–water partition coefficient (Wildman–Crippen LogP) is 5.36. The monoisotopic (exact) mass is 340 g/mol. The van der Waals surface area contributed by atoms with Crippen LogP contribution in [-0.2, 0) is 4.79 Å². The van der Waals surface area contributed by atoms with Crippen molar-refractivity contribution in [2.75, 3.05) is 0 Å². The number of ketones is 1. The van der Waals surface area contributed by atoms with Gasteiger partial charge in [-0.15, -0.1) is 0 Å². The van der Waals surface area contributed by atoms with Gasteiger partial charge in [-0.1, -0.05) is 12.5 Å². The highest BCUT2D eigenvalue weighted by atomic mass is 16.5. The van der Waals surface area contributed by atoms with E-state index in [1.807, 2.05) is 6.07 Å². The van der Waals surface area contributed by atoms with Crippen molar-refractivity contribution >= 4 is 11.4 Å². The summed E-state index contributed by atoms with van der Waals surface area (Å²) in [6, 6.07) is 4.00. The molecule has 0 aromatic heterocycles. The van der Waals surface area contributed by atoms with Crippen LogP contribution in [0.2, 0.25) is 0 Å². The molecule has 2 aliphatic carbocycles. The van der Waals surface area contributed by atoms with E-state index in [4.69, 9.17) is 4.74 Å². The first-order chi connectivity index (χ1) is 12.0. The zero-order valence-electron chi connectivity index (χ0n) is 15.3. The van der Waals surface area contributed by atoms with Gasteiger partial charge >= 0.3 is 0 Å². The number of allylic oxidation sites excluding steroid dienone is 2. The summed E-state index contributed by atoms with van der Waals surface area (Å²) in [5.74, 6) is 1.75. The van der Waals surface area contributed by atoms with E-state index in [9.17, 15) is 9.90 Å². The SMILES string of the molecule is CC1(C)Oc2cc(C3=CCCCCC3)cc(O)c2[C@@H]2CC(=O)CC[C@@H]21. The minimum atomic E-state index is -0.304. The number of carbonyl (C=O) groups excluding carboxylic acids is 1. The van der Waals surface area contributed by atoms with Crippen molar-refractivity contribution in [3.05, 3.63) is 29.3 Å². The van der Waals surface area contributed by atoms with Crippen LogP contribution < -0.4 is 4.74 Å². The topological polar surface area (TPSA) is 46.5 Å². The number of fused-ring (bicyclic) bond motifs is 3. The summed E-state index contributed by atoms with van der Waals surface area (Å²) in [4.78, 5) is 12.1. The average molecular weight is 340 g/mol. The van der Waals surface area contributed by atoms with Gasteiger partial charge in [0.2, 0.25) is 0 Å². The standard InChI is InChI=1S/C22H28O3/c1-22(2)18-10-9-16(23)13-17(18)21-19(24)11-15(12-20(21)25-22)14-7-5-3-4-6-8-14/h7,11-12,17-18,24H,3-6,8-10,13H2,1-2H3/t17-,18+/m1/s1. The number of phenols is 1. The summed E-state index contributed by atoms with van der Waals surface area (Å²) in [5.41, 5.74) is 2.95. The molecule has 1 heterocycles. The molecule has 1 aromatic carbocycles. The minimum Gasteiger partial charge on any atom is -0.507 e. The van der Waals surface area contributed by atoms with E-state index in [-0.39, 0.29) is 17.4 Å². The third-order valence-electron chi connectivity index (χ3n) is 6.34. The van der Waals surface area contributed by atoms with Gasteiger partial charge in [-0.2, -0.15) is 0 Å². The molecule has 3 nitrogen and oxygen atoms in total. The van der Waals surface area contributed by atoms with Gasteiger partial charge in [0, 0.05) is 30.2 Å². The lowest BCUT2D eigenvalue weighted by Crippen LogP contribution is -2.47. The predicted molar refractivity (Wildman–Crippen MR) is 99.0 cm³/mol. The van der Waals surface area contributed by atoms with Crippen LogP contribution in [0.5, 0.6) is 11.5 Å². The number of aromatic hydroxyl groups is 1. The van der Waals surface area contributed by atoms with Crippen LogP contribution >= 0.6 is 0 Å². The highest BCUT2D eigenvalue weighted by molar-refractivity contribution is 5.81. The van der Waals surface area contributed by atoms with E-state index in [2.05, 4.69) is 26.0 Å². The van der Waals surface area contributed by atoms with Crippen LogP contribution in [0, 0.1) is 5.92 Å². The number of carbonyl (C=O) groups is 1. The smallest absolute Gasteiger partial charge is 0.133 e. The van der Waals surface area contributed by atoms with Crippen molar-refractivity contribution in [1.29, 1.82) is 0 Å². The van der Waals surface area contributed by atoms with Crippen molar-refractivity contribution in [1.82, 2.24) is 0 Å².